The highest BCUT2D eigenvalue weighted by molar-refractivity contribution is 5.86. The van der Waals surface area contributed by atoms with Crippen LogP contribution in [0, 0.1) is 11.3 Å². The monoisotopic (exact) mass is 482 g/mol. The Hall–Kier alpha value is -1.67. The van der Waals surface area contributed by atoms with Crippen molar-refractivity contribution in [2.24, 2.45) is 11.3 Å². The molecule has 1 aromatic rings. The van der Waals surface area contributed by atoms with Crippen molar-refractivity contribution < 1.29 is 54.7 Å². The summed E-state index contributed by atoms with van der Waals surface area (Å²) in [5, 5.41) is 61.1. The normalized spacial score (nSPS) is 48.2. The van der Waals surface area contributed by atoms with Gasteiger partial charge in [0.15, 0.2) is 6.29 Å². The van der Waals surface area contributed by atoms with Crippen LogP contribution in [0.5, 0.6) is 0 Å². The van der Waals surface area contributed by atoms with Crippen LogP contribution in [0.15, 0.2) is 30.3 Å². The lowest BCUT2D eigenvalue weighted by atomic mass is 9.39. The molecular weight excluding hydrogens is 452 g/mol. The Morgan fingerprint density at radius 2 is 1.79 bits per heavy atom. The van der Waals surface area contributed by atoms with Crippen LogP contribution in [0.2, 0.25) is 0 Å². The van der Waals surface area contributed by atoms with Gasteiger partial charge in [-0.1, -0.05) is 30.3 Å². The van der Waals surface area contributed by atoms with Crippen molar-refractivity contribution in [2.45, 2.75) is 80.3 Å². The van der Waals surface area contributed by atoms with Gasteiger partial charge in [0, 0.05) is 18.8 Å². The molecule has 4 bridgehead atoms. The van der Waals surface area contributed by atoms with Crippen LogP contribution in [-0.4, -0.2) is 91.4 Å². The topological polar surface area (TPSA) is 175 Å². The van der Waals surface area contributed by atoms with E-state index in [9.17, 15) is 35.6 Å². The van der Waals surface area contributed by atoms with E-state index in [1.165, 1.54) is 0 Å². The molecule has 5 fully saturated rings. The third-order valence-electron chi connectivity index (χ3n) is 8.43. The summed E-state index contributed by atoms with van der Waals surface area (Å²) in [6.07, 6.45) is -9.22. The number of esters is 1. The number of aliphatic hydroxyl groups excluding tert-OH is 5. The molecule has 0 aromatic heterocycles. The van der Waals surface area contributed by atoms with Gasteiger partial charge in [-0.05, 0) is 18.9 Å². The number of hydrogen-bond acceptors (Lipinski definition) is 11. The summed E-state index contributed by atoms with van der Waals surface area (Å²) in [5.41, 5.74) is -3.53. The third-order valence-corrected chi connectivity index (χ3v) is 8.43. The van der Waals surface area contributed by atoms with E-state index in [4.69, 9.17) is 19.1 Å². The zero-order chi connectivity index (χ0) is 24.5. The van der Waals surface area contributed by atoms with E-state index in [0.29, 0.717) is 5.56 Å². The zero-order valence-corrected chi connectivity index (χ0v) is 18.6. The molecule has 1 aromatic carbocycles. The van der Waals surface area contributed by atoms with Crippen molar-refractivity contribution in [2.75, 3.05) is 6.61 Å². The predicted octanol–water partition coefficient (Wildman–Crippen LogP) is -0.751. The second-order valence-electron chi connectivity index (χ2n) is 10.0. The highest BCUT2D eigenvalue weighted by Gasteiger charge is 2.88. The minimum atomic E-state index is -1.67. The number of fused-ring (bicyclic) bond motifs is 1. The predicted molar refractivity (Wildman–Crippen MR) is 111 cm³/mol. The molecule has 0 radical (unpaired) electrons. The summed E-state index contributed by atoms with van der Waals surface area (Å²) >= 11 is 0. The number of carbonyl (C=O) groups is 1. The van der Waals surface area contributed by atoms with E-state index in [0.717, 1.165) is 0 Å². The molecule has 0 amide bonds. The Kier molecular flexibility index (Phi) is 5.79. The molecule has 3 saturated carbocycles. The van der Waals surface area contributed by atoms with Crippen LogP contribution >= 0.6 is 0 Å². The van der Waals surface area contributed by atoms with E-state index < -0.39 is 78.0 Å². The maximum absolute atomic E-state index is 13.4. The Morgan fingerprint density at radius 3 is 2.44 bits per heavy atom. The molecule has 2 aliphatic heterocycles. The van der Waals surface area contributed by atoms with Crippen molar-refractivity contribution >= 4 is 5.97 Å². The molecular formula is C23H30O11. The Balaban J connectivity index is 1.53. The van der Waals surface area contributed by atoms with Crippen LogP contribution < -0.4 is 0 Å². The van der Waals surface area contributed by atoms with Gasteiger partial charge in [0.05, 0.1) is 12.7 Å². The molecule has 0 spiro atoms. The third kappa shape index (κ3) is 3.00. The molecule has 34 heavy (non-hydrogen) atoms. The van der Waals surface area contributed by atoms with Crippen molar-refractivity contribution in [1.29, 1.82) is 0 Å². The van der Waals surface area contributed by atoms with E-state index >= 15 is 0 Å². The first-order valence-electron chi connectivity index (χ1n) is 11.4. The quantitative estimate of drug-likeness (QED) is 0.164. The summed E-state index contributed by atoms with van der Waals surface area (Å²) in [4.78, 5) is 18.2. The summed E-state index contributed by atoms with van der Waals surface area (Å²) in [5.74, 6) is -1.19. The summed E-state index contributed by atoms with van der Waals surface area (Å²) in [7, 11) is 0. The molecule has 3 aliphatic carbocycles. The molecule has 188 valence electrons. The average molecular weight is 482 g/mol. The molecule has 2 saturated heterocycles. The number of benzene rings is 1. The first-order chi connectivity index (χ1) is 16.1. The number of hydrogen-bond donors (Lipinski definition) is 6. The average Bonchev–Trinajstić information content (AvgIpc) is 2.88. The van der Waals surface area contributed by atoms with Gasteiger partial charge in [-0.25, -0.2) is 4.89 Å². The Morgan fingerprint density at radius 1 is 1.09 bits per heavy atom. The smallest absolute Gasteiger partial charge is 0.316 e. The van der Waals surface area contributed by atoms with E-state index in [-0.39, 0.29) is 19.3 Å². The standard InChI is InChI=1S/C23H30O11/c1-21-8-13(25)12-7-23(21,32-19-18(28)17(27)16(26)15(10-24)31-19)22(12,20(29)33-21)9-14(34-30)11-5-3-2-4-6-11/h2-6,12-19,24-28,30H,7-10H2,1H3/t12-,13+,14?,15?,16?,17?,18?,19?,21-,22?,23?/m0/s1. The number of carbonyl (C=O) groups excluding carboxylic acids is 1. The Labute approximate surface area is 195 Å². The molecule has 11 nitrogen and oxygen atoms in total. The molecule has 11 heteroatoms. The number of rotatable bonds is 7. The lowest BCUT2D eigenvalue weighted by molar-refractivity contribution is -0.397. The van der Waals surface area contributed by atoms with Crippen LogP contribution in [0.25, 0.3) is 0 Å². The summed E-state index contributed by atoms with van der Waals surface area (Å²) in [6.45, 7) is 0.998. The fraction of sp³-hybridized carbons (Fsp3) is 0.696. The van der Waals surface area contributed by atoms with Crippen molar-refractivity contribution in [3.63, 3.8) is 0 Å². The van der Waals surface area contributed by atoms with E-state index in [2.05, 4.69) is 0 Å². The van der Waals surface area contributed by atoms with Gasteiger partial charge in [0.1, 0.15) is 47.1 Å². The van der Waals surface area contributed by atoms with Crippen molar-refractivity contribution in [3.05, 3.63) is 35.9 Å². The van der Waals surface area contributed by atoms with Crippen LogP contribution in [0.3, 0.4) is 0 Å². The lowest BCUT2D eigenvalue weighted by Gasteiger charge is -2.67. The van der Waals surface area contributed by atoms with Gasteiger partial charge < -0.3 is 39.7 Å². The Bertz CT molecular complexity index is 927. The summed E-state index contributed by atoms with van der Waals surface area (Å²) in [6, 6.07) is 8.77. The molecule has 2 heterocycles. The van der Waals surface area contributed by atoms with Crippen molar-refractivity contribution in [3.8, 4) is 0 Å². The van der Waals surface area contributed by atoms with E-state index in [1.54, 1.807) is 37.3 Å². The minimum absolute atomic E-state index is 0.0819. The molecule has 6 rings (SSSR count). The SMILES string of the molecule is C[C@]12C[C@@H](O)[C@@H]3CC1(OC1OC(CO)C(O)C(O)C1O)C3(CC(OO)c1ccccc1)C(=O)O2. The van der Waals surface area contributed by atoms with Gasteiger partial charge in [0.2, 0.25) is 0 Å². The highest BCUT2D eigenvalue weighted by atomic mass is 17.1. The maximum atomic E-state index is 13.4. The van der Waals surface area contributed by atoms with Crippen LogP contribution in [0.4, 0.5) is 0 Å². The molecule has 5 aliphatic rings. The highest BCUT2D eigenvalue weighted by Crippen LogP contribution is 2.75. The van der Waals surface area contributed by atoms with Gasteiger partial charge >= 0.3 is 5.97 Å². The first kappa shape index (κ1) is 24.0. The second kappa shape index (κ2) is 8.19. The second-order valence-corrected chi connectivity index (χ2v) is 10.0. The lowest BCUT2D eigenvalue weighted by Crippen LogP contribution is -2.79. The number of ether oxygens (including phenoxy) is 3. The van der Waals surface area contributed by atoms with Gasteiger partial charge in [0.25, 0.3) is 0 Å². The molecule has 8 unspecified atom stereocenters. The maximum Gasteiger partial charge on any atom is 0.316 e. The number of aliphatic hydroxyl groups is 5. The zero-order valence-electron chi connectivity index (χ0n) is 18.6. The van der Waals surface area contributed by atoms with Crippen molar-refractivity contribution in [1.82, 2.24) is 0 Å². The first-order valence-corrected chi connectivity index (χ1v) is 11.4. The van der Waals surface area contributed by atoms with Crippen LogP contribution in [-0.2, 0) is 23.9 Å². The fourth-order valence-corrected chi connectivity index (χ4v) is 6.65. The van der Waals surface area contributed by atoms with Crippen LogP contribution in [0.1, 0.15) is 37.9 Å². The molecule has 6 N–H and O–H groups in total. The van der Waals surface area contributed by atoms with E-state index in [1.807, 2.05) is 0 Å². The van der Waals surface area contributed by atoms with Gasteiger partial charge in [-0.15, -0.1) is 0 Å². The largest absolute Gasteiger partial charge is 0.456 e. The van der Waals surface area contributed by atoms with Gasteiger partial charge in [-0.3, -0.25) is 10.1 Å². The summed E-state index contributed by atoms with van der Waals surface area (Å²) < 4.78 is 17.7. The van der Waals surface area contributed by atoms with Gasteiger partial charge in [-0.2, -0.15) is 0 Å². The minimum Gasteiger partial charge on any atom is -0.456 e. The molecule has 11 atom stereocenters. The fourth-order valence-electron chi connectivity index (χ4n) is 6.65.